The molecule has 268 valence electrons. The third-order valence-electron chi connectivity index (χ3n) is 9.00. The van der Waals surface area contributed by atoms with Crippen LogP contribution in [0.2, 0.25) is 5.02 Å². The molecule has 2 aliphatic rings. The number of anilines is 1. The fourth-order valence-electron chi connectivity index (χ4n) is 6.78. The molecule has 0 saturated heterocycles. The molecule has 6 aromatic rings. The molecule has 1 aliphatic heterocycles. The Balaban J connectivity index is 1.29. The lowest BCUT2D eigenvalue weighted by Crippen LogP contribution is -2.23. The molecule has 5 aromatic carbocycles. The Bertz CT molecular complexity index is 3000. The molecule has 19 heteroatoms. The predicted octanol–water partition coefficient (Wildman–Crippen LogP) is 6.84. The highest BCUT2D eigenvalue weighted by molar-refractivity contribution is 8.08. The average molecular weight is 796 g/mol. The van der Waals surface area contributed by atoms with E-state index in [1.165, 1.54) is 42.5 Å². The van der Waals surface area contributed by atoms with E-state index < -0.39 is 79.1 Å². The summed E-state index contributed by atoms with van der Waals surface area (Å²) in [4.78, 5) is 18.8. The standard InChI is InChI=1S/C34H20ClF2N5O8S3/c35-28-32(36)39-34(37)40-33(28)38-14-17-7-4-8-19-18(17)9-11-22(31(19)53(48,49)50)41-42-29-24-13-21-23(51(44,45)15-52(24,46)47)12-10-20-25(21)27(29)26(20)30(43)16-5-2-1-3-6-16/h1-13,26H,14-15H2,(H,38,39,40)(H,48,49,50). The van der Waals surface area contributed by atoms with Crippen LogP contribution in [0.4, 0.5) is 26.0 Å². The highest BCUT2D eigenvalue weighted by Gasteiger charge is 2.44. The van der Waals surface area contributed by atoms with Gasteiger partial charge in [-0.05, 0) is 40.1 Å². The van der Waals surface area contributed by atoms with Crippen LogP contribution in [0.25, 0.3) is 21.5 Å². The van der Waals surface area contributed by atoms with Gasteiger partial charge in [0.25, 0.3) is 10.1 Å². The van der Waals surface area contributed by atoms with Crippen LogP contribution in [0.5, 0.6) is 0 Å². The van der Waals surface area contributed by atoms with E-state index in [1.54, 1.807) is 36.4 Å². The van der Waals surface area contributed by atoms with E-state index in [1.807, 2.05) is 0 Å². The zero-order valence-electron chi connectivity index (χ0n) is 26.4. The topological polar surface area (TPSA) is 202 Å². The van der Waals surface area contributed by atoms with Gasteiger partial charge in [-0.3, -0.25) is 9.35 Å². The Morgan fingerprint density at radius 3 is 2.36 bits per heavy atom. The van der Waals surface area contributed by atoms with Crippen LogP contribution in [0, 0.1) is 12.0 Å². The number of carbonyl (C=O) groups is 1. The van der Waals surface area contributed by atoms with Crippen molar-refractivity contribution in [3.8, 4) is 0 Å². The molecule has 0 radical (unpaired) electrons. The SMILES string of the molecule is O=C(c1ccccc1)C1c2ccc3c4cc(c(N=Nc5ccc6c(CNc7nc(F)nc(F)c7Cl)cccc6c5S(=O)(=O)O)c1c24)S(=O)(=O)CS3(=O)=O. The molecule has 0 amide bonds. The largest absolute Gasteiger partial charge is 0.364 e. The monoisotopic (exact) mass is 795 g/mol. The molecule has 2 bridgehead atoms. The third kappa shape index (κ3) is 5.64. The Morgan fingerprint density at radius 1 is 0.887 bits per heavy atom. The number of ketones is 1. The van der Waals surface area contributed by atoms with E-state index in [9.17, 15) is 43.4 Å². The smallest absolute Gasteiger partial charge is 0.313 e. The number of aromatic nitrogens is 2. The molecule has 2 N–H and O–H groups in total. The van der Waals surface area contributed by atoms with Gasteiger partial charge in [0.1, 0.15) is 21.3 Å². The van der Waals surface area contributed by atoms with Gasteiger partial charge in [0, 0.05) is 28.4 Å². The Morgan fingerprint density at radius 2 is 1.62 bits per heavy atom. The normalized spacial score (nSPS) is 16.9. The van der Waals surface area contributed by atoms with Crippen LogP contribution in [-0.2, 0) is 36.3 Å². The first-order chi connectivity index (χ1) is 25.1. The van der Waals surface area contributed by atoms with Crippen LogP contribution >= 0.6 is 11.6 Å². The molecular weight excluding hydrogens is 776 g/mol. The third-order valence-corrected chi connectivity index (χ3v) is 14.8. The van der Waals surface area contributed by atoms with Crippen molar-refractivity contribution in [1.82, 2.24) is 9.97 Å². The molecule has 53 heavy (non-hydrogen) atoms. The predicted molar refractivity (Wildman–Crippen MR) is 188 cm³/mol. The first-order valence-corrected chi connectivity index (χ1v) is 20.4. The van der Waals surface area contributed by atoms with Gasteiger partial charge in [-0.2, -0.15) is 27.2 Å². The summed E-state index contributed by atoms with van der Waals surface area (Å²) in [5.74, 6) is -3.15. The second kappa shape index (κ2) is 12.1. The maximum Gasteiger partial charge on any atom is 0.313 e. The van der Waals surface area contributed by atoms with Crippen LogP contribution in [0.1, 0.15) is 33.0 Å². The van der Waals surface area contributed by atoms with Crippen LogP contribution in [0.3, 0.4) is 0 Å². The summed E-state index contributed by atoms with van der Waals surface area (Å²) in [6.07, 6.45) is -1.38. The minimum atomic E-state index is -5.08. The summed E-state index contributed by atoms with van der Waals surface area (Å²) in [5, 5.41) is 9.69. The van der Waals surface area contributed by atoms with E-state index >= 15 is 0 Å². The van der Waals surface area contributed by atoms with Crippen molar-refractivity contribution < 1.29 is 43.4 Å². The first kappa shape index (κ1) is 34.8. The summed E-state index contributed by atoms with van der Waals surface area (Å²) in [5.41, 5.74) is 0.441. The Kier molecular flexibility index (Phi) is 7.97. The van der Waals surface area contributed by atoms with Crippen molar-refractivity contribution in [2.45, 2.75) is 27.1 Å². The van der Waals surface area contributed by atoms with Crippen molar-refractivity contribution in [1.29, 1.82) is 0 Å². The lowest BCUT2D eigenvalue weighted by atomic mass is 9.71. The number of sulfone groups is 2. The zero-order valence-corrected chi connectivity index (χ0v) is 29.7. The molecule has 13 nitrogen and oxygen atoms in total. The summed E-state index contributed by atoms with van der Waals surface area (Å²) < 4.78 is 118. The van der Waals surface area contributed by atoms with Crippen LogP contribution < -0.4 is 5.32 Å². The zero-order chi connectivity index (χ0) is 37.6. The molecule has 8 rings (SSSR count). The van der Waals surface area contributed by atoms with Gasteiger partial charge < -0.3 is 5.32 Å². The first-order valence-electron chi connectivity index (χ1n) is 15.3. The molecule has 1 aliphatic carbocycles. The quantitative estimate of drug-likeness (QED) is 0.0537. The summed E-state index contributed by atoms with van der Waals surface area (Å²) in [7, 11) is -14.0. The lowest BCUT2D eigenvalue weighted by molar-refractivity contribution is 0.0971. The van der Waals surface area contributed by atoms with Crippen LogP contribution in [-0.4, -0.2) is 50.6 Å². The van der Waals surface area contributed by atoms with E-state index in [4.69, 9.17) is 11.6 Å². The number of azo groups is 1. The molecule has 0 saturated carbocycles. The molecule has 2 heterocycles. The van der Waals surface area contributed by atoms with Gasteiger partial charge in [0.05, 0.1) is 15.7 Å². The van der Waals surface area contributed by atoms with Gasteiger partial charge in [0.15, 0.2) is 36.4 Å². The fraction of sp³-hybridized carbons (Fsp3) is 0.0882. The number of halogens is 3. The van der Waals surface area contributed by atoms with Gasteiger partial charge in [-0.25, -0.2) is 16.8 Å². The lowest BCUT2D eigenvalue weighted by Gasteiger charge is -2.32. The van der Waals surface area contributed by atoms with Gasteiger partial charge in [-0.1, -0.05) is 72.3 Å². The summed E-state index contributed by atoms with van der Waals surface area (Å²) >= 11 is 5.86. The number of hydrogen-bond acceptors (Lipinski definition) is 12. The Hall–Kier alpha value is -5.27. The fourth-order valence-corrected chi connectivity index (χ4v) is 11.9. The van der Waals surface area contributed by atoms with Crippen molar-refractivity contribution in [3.63, 3.8) is 0 Å². The number of Topliss-reactive ketones (excluding diaryl/α,β-unsaturated/α-hetero) is 1. The minimum absolute atomic E-state index is 0.0545. The molecule has 1 aromatic heterocycles. The number of rotatable bonds is 8. The second-order valence-electron chi connectivity index (χ2n) is 12.1. The van der Waals surface area contributed by atoms with Crippen LogP contribution in [0.15, 0.2) is 104 Å². The van der Waals surface area contributed by atoms with E-state index in [-0.39, 0.29) is 44.7 Å². The highest BCUT2D eigenvalue weighted by Crippen LogP contribution is 2.55. The molecule has 0 fully saturated rings. The van der Waals surface area contributed by atoms with Crippen molar-refractivity contribution in [2.24, 2.45) is 10.2 Å². The molecular formula is C34H20ClF2N5O8S3. The highest BCUT2D eigenvalue weighted by atomic mass is 35.5. The minimum Gasteiger partial charge on any atom is -0.364 e. The number of hydrogen-bond donors (Lipinski definition) is 2. The van der Waals surface area contributed by atoms with E-state index in [0.29, 0.717) is 22.1 Å². The van der Waals surface area contributed by atoms with Crippen molar-refractivity contribution >= 4 is 85.9 Å². The van der Waals surface area contributed by atoms with Gasteiger partial charge in [-0.15, -0.1) is 10.2 Å². The molecule has 1 atom stereocenters. The number of benzene rings is 5. The van der Waals surface area contributed by atoms with Crippen molar-refractivity contribution in [3.05, 3.63) is 118 Å². The van der Waals surface area contributed by atoms with E-state index in [2.05, 4.69) is 25.5 Å². The van der Waals surface area contributed by atoms with E-state index in [0.717, 1.165) is 0 Å². The summed E-state index contributed by atoms with van der Waals surface area (Å²) in [6.45, 7) is -0.176. The Labute approximate surface area is 304 Å². The number of fused-ring (bicyclic) bond motifs is 2. The molecule has 1 unspecified atom stereocenters. The van der Waals surface area contributed by atoms with Gasteiger partial charge >= 0.3 is 6.08 Å². The molecule has 0 spiro atoms. The van der Waals surface area contributed by atoms with Crippen molar-refractivity contribution in [2.75, 3.05) is 10.4 Å². The summed E-state index contributed by atoms with van der Waals surface area (Å²) in [6, 6.07) is 19.0. The maximum absolute atomic E-state index is 13.9. The maximum atomic E-state index is 13.9. The van der Waals surface area contributed by atoms with Gasteiger partial charge in [0.2, 0.25) is 5.95 Å². The number of carbonyl (C=O) groups excluding carboxylic acids is 1. The second-order valence-corrected chi connectivity index (χ2v) is 18.1. The average Bonchev–Trinajstić information content (AvgIpc) is 3.17. The number of nitrogens with one attached hydrogen (secondary N) is 1. The number of nitrogens with zero attached hydrogens (tertiary/aromatic N) is 4.